The summed E-state index contributed by atoms with van der Waals surface area (Å²) < 4.78 is 24.4. The van der Waals surface area contributed by atoms with Crippen molar-refractivity contribution in [3.8, 4) is 11.3 Å². The minimum Gasteiger partial charge on any atom is -0.467 e. The number of methoxy groups -OCH3 is 1. The lowest BCUT2D eigenvalue weighted by Crippen LogP contribution is -2.43. The van der Waals surface area contributed by atoms with Crippen molar-refractivity contribution in [2.45, 2.75) is 51.5 Å². The summed E-state index contributed by atoms with van der Waals surface area (Å²) in [5.41, 5.74) is 0.0389. The SMILES string of the molecule is COC(=O)C(CC1CCCCC1)NC(=O)c1c(-c2c(F)cccc2Cl)noc1C. The molecule has 2 aromatic rings. The Morgan fingerprint density at radius 2 is 2.07 bits per heavy atom. The molecule has 1 aliphatic carbocycles. The molecule has 1 aliphatic rings. The molecule has 1 fully saturated rings. The standard InChI is InChI=1S/C21H24ClFN2O4/c1-12-17(19(25-29-12)18-14(22)9-6-10-15(18)23)20(26)24-16(21(27)28-2)11-13-7-4-3-5-8-13/h6,9-10,13,16H,3-5,7-8,11H2,1-2H3,(H,24,26). The van der Waals surface area contributed by atoms with Gasteiger partial charge in [-0.15, -0.1) is 0 Å². The predicted octanol–water partition coefficient (Wildman–Crippen LogP) is 4.68. The number of aryl methyl sites for hydroxylation is 1. The van der Waals surface area contributed by atoms with Crippen LogP contribution in [-0.4, -0.2) is 30.2 Å². The molecule has 1 amide bonds. The molecule has 0 spiro atoms. The molecule has 0 bridgehead atoms. The zero-order chi connectivity index (χ0) is 21.0. The number of rotatable bonds is 6. The normalized spacial score (nSPS) is 15.7. The number of esters is 1. The number of ether oxygens (including phenoxy) is 1. The molecule has 156 valence electrons. The lowest BCUT2D eigenvalue weighted by atomic mass is 9.84. The highest BCUT2D eigenvalue weighted by molar-refractivity contribution is 6.33. The van der Waals surface area contributed by atoms with Crippen LogP contribution in [0.5, 0.6) is 0 Å². The third-order valence-corrected chi connectivity index (χ3v) is 5.69. The maximum absolute atomic E-state index is 14.4. The van der Waals surface area contributed by atoms with Gasteiger partial charge in [0.05, 0.1) is 17.7 Å². The maximum atomic E-state index is 14.4. The number of nitrogens with one attached hydrogen (secondary N) is 1. The summed E-state index contributed by atoms with van der Waals surface area (Å²) >= 11 is 6.13. The molecule has 29 heavy (non-hydrogen) atoms. The molecule has 1 heterocycles. The Bertz CT molecular complexity index is 873. The summed E-state index contributed by atoms with van der Waals surface area (Å²) in [4.78, 5) is 25.3. The Balaban J connectivity index is 1.87. The van der Waals surface area contributed by atoms with Gasteiger partial charge in [0.2, 0.25) is 0 Å². The van der Waals surface area contributed by atoms with E-state index in [1.807, 2.05) is 0 Å². The van der Waals surface area contributed by atoms with Crippen LogP contribution in [0.15, 0.2) is 22.7 Å². The van der Waals surface area contributed by atoms with Crippen molar-refractivity contribution in [2.24, 2.45) is 5.92 Å². The first kappa shape index (κ1) is 21.3. The second-order valence-electron chi connectivity index (χ2n) is 7.35. The molecule has 0 aliphatic heterocycles. The van der Waals surface area contributed by atoms with Crippen LogP contribution in [0.2, 0.25) is 5.02 Å². The van der Waals surface area contributed by atoms with E-state index >= 15 is 0 Å². The molecule has 1 aromatic heterocycles. The molecule has 3 rings (SSSR count). The minimum atomic E-state index is -0.797. The smallest absolute Gasteiger partial charge is 0.328 e. The number of aromatic nitrogens is 1. The first-order chi connectivity index (χ1) is 13.9. The second-order valence-corrected chi connectivity index (χ2v) is 7.76. The summed E-state index contributed by atoms with van der Waals surface area (Å²) in [7, 11) is 1.29. The van der Waals surface area contributed by atoms with E-state index in [9.17, 15) is 14.0 Å². The van der Waals surface area contributed by atoms with E-state index in [-0.39, 0.29) is 27.6 Å². The predicted molar refractivity (Wildman–Crippen MR) is 106 cm³/mol. The van der Waals surface area contributed by atoms with Gasteiger partial charge in [0.25, 0.3) is 5.91 Å². The summed E-state index contributed by atoms with van der Waals surface area (Å²) in [6, 6.07) is 3.40. The van der Waals surface area contributed by atoms with E-state index in [4.69, 9.17) is 20.9 Å². The largest absolute Gasteiger partial charge is 0.467 e. The molecule has 1 aromatic carbocycles. The molecule has 8 heteroatoms. The van der Waals surface area contributed by atoms with Gasteiger partial charge < -0.3 is 14.6 Å². The van der Waals surface area contributed by atoms with Gasteiger partial charge in [0, 0.05) is 0 Å². The molecular weight excluding hydrogens is 399 g/mol. The highest BCUT2D eigenvalue weighted by atomic mass is 35.5. The molecule has 0 radical (unpaired) electrons. The van der Waals surface area contributed by atoms with E-state index in [1.54, 1.807) is 6.92 Å². The van der Waals surface area contributed by atoms with Gasteiger partial charge in [-0.1, -0.05) is 54.9 Å². The van der Waals surface area contributed by atoms with Crippen molar-refractivity contribution in [2.75, 3.05) is 7.11 Å². The Morgan fingerprint density at radius 1 is 1.34 bits per heavy atom. The van der Waals surface area contributed by atoms with Crippen molar-refractivity contribution in [3.63, 3.8) is 0 Å². The third-order valence-electron chi connectivity index (χ3n) is 5.37. The molecule has 1 N–H and O–H groups in total. The van der Waals surface area contributed by atoms with E-state index in [2.05, 4.69) is 10.5 Å². The van der Waals surface area contributed by atoms with Crippen LogP contribution < -0.4 is 5.32 Å². The van der Waals surface area contributed by atoms with E-state index in [0.29, 0.717) is 12.3 Å². The van der Waals surface area contributed by atoms with Gasteiger partial charge in [0.15, 0.2) is 0 Å². The summed E-state index contributed by atoms with van der Waals surface area (Å²) in [5, 5.41) is 6.68. The molecule has 1 unspecified atom stereocenters. The van der Waals surface area contributed by atoms with Crippen LogP contribution in [0.4, 0.5) is 4.39 Å². The number of carbonyl (C=O) groups is 2. The second kappa shape index (κ2) is 9.39. The highest BCUT2D eigenvalue weighted by Crippen LogP contribution is 2.34. The van der Waals surface area contributed by atoms with E-state index < -0.39 is 23.7 Å². The Hall–Kier alpha value is -2.41. The summed E-state index contributed by atoms with van der Waals surface area (Å²) in [6.07, 6.45) is 5.97. The minimum absolute atomic E-state index is 0.00406. The van der Waals surface area contributed by atoms with Crippen LogP contribution in [0.25, 0.3) is 11.3 Å². The maximum Gasteiger partial charge on any atom is 0.328 e. The lowest BCUT2D eigenvalue weighted by molar-refractivity contribution is -0.143. The van der Waals surface area contributed by atoms with Crippen molar-refractivity contribution in [1.29, 1.82) is 0 Å². The first-order valence-electron chi connectivity index (χ1n) is 9.71. The fraction of sp³-hybridized carbons (Fsp3) is 0.476. The topological polar surface area (TPSA) is 81.4 Å². The summed E-state index contributed by atoms with van der Waals surface area (Å²) in [5.74, 6) is -1.16. The zero-order valence-electron chi connectivity index (χ0n) is 16.5. The van der Waals surface area contributed by atoms with Gasteiger partial charge in [0.1, 0.15) is 28.9 Å². The molecular formula is C21H24ClFN2O4. The number of amides is 1. The van der Waals surface area contributed by atoms with Crippen LogP contribution in [0.1, 0.15) is 54.6 Å². The van der Waals surface area contributed by atoms with E-state index in [0.717, 1.165) is 25.7 Å². The number of carbonyl (C=O) groups excluding carboxylic acids is 2. The number of hydrogen-bond donors (Lipinski definition) is 1. The van der Waals surface area contributed by atoms with E-state index in [1.165, 1.54) is 31.7 Å². The van der Waals surface area contributed by atoms with Crippen molar-refractivity contribution < 1.29 is 23.2 Å². The Labute approximate surface area is 173 Å². The molecule has 0 saturated heterocycles. The van der Waals surface area contributed by atoms with Gasteiger partial charge in [-0.25, -0.2) is 9.18 Å². The van der Waals surface area contributed by atoms with Crippen molar-refractivity contribution in [3.05, 3.63) is 40.4 Å². The van der Waals surface area contributed by atoms with Crippen LogP contribution >= 0.6 is 11.6 Å². The monoisotopic (exact) mass is 422 g/mol. The molecule has 6 nitrogen and oxygen atoms in total. The zero-order valence-corrected chi connectivity index (χ0v) is 17.2. The number of benzene rings is 1. The summed E-state index contributed by atoms with van der Waals surface area (Å²) in [6.45, 7) is 1.55. The van der Waals surface area contributed by atoms with Gasteiger partial charge in [-0.3, -0.25) is 4.79 Å². The molecule has 1 atom stereocenters. The van der Waals surface area contributed by atoms with Gasteiger partial charge in [-0.2, -0.15) is 0 Å². The third kappa shape index (κ3) is 4.78. The van der Waals surface area contributed by atoms with Crippen LogP contribution in [0.3, 0.4) is 0 Å². The Morgan fingerprint density at radius 3 is 2.72 bits per heavy atom. The number of hydrogen-bond acceptors (Lipinski definition) is 5. The highest BCUT2D eigenvalue weighted by Gasteiger charge is 2.31. The van der Waals surface area contributed by atoms with Gasteiger partial charge >= 0.3 is 5.97 Å². The molecule has 1 saturated carbocycles. The van der Waals surface area contributed by atoms with Crippen molar-refractivity contribution in [1.82, 2.24) is 10.5 Å². The van der Waals surface area contributed by atoms with Crippen molar-refractivity contribution >= 4 is 23.5 Å². The Kier molecular flexibility index (Phi) is 6.90. The fourth-order valence-corrected chi connectivity index (χ4v) is 4.13. The average Bonchev–Trinajstić information content (AvgIpc) is 3.08. The quantitative estimate of drug-likeness (QED) is 0.683. The van der Waals surface area contributed by atoms with Gasteiger partial charge in [-0.05, 0) is 31.4 Å². The lowest BCUT2D eigenvalue weighted by Gasteiger charge is -2.25. The number of halogens is 2. The van der Waals surface area contributed by atoms with Crippen LogP contribution in [-0.2, 0) is 9.53 Å². The fourth-order valence-electron chi connectivity index (χ4n) is 3.88. The first-order valence-corrected chi connectivity index (χ1v) is 10.1. The van der Waals surface area contributed by atoms with Crippen LogP contribution in [0, 0.1) is 18.7 Å². The number of nitrogens with zero attached hydrogens (tertiary/aromatic N) is 1. The average molecular weight is 423 g/mol.